The summed E-state index contributed by atoms with van der Waals surface area (Å²) in [6, 6.07) is 8.34. The van der Waals surface area contributed by atoms with Gasteiger partial charge in [0, 0.05) is 12.2 Å². The Labute approximate surface area is 83.5 Å². The Bertz CT molecular complexity index is 260. The van der Waals surface area contributed by atoms with Gasteiger partial charge in [0.15, 0.2) is 0 Å². The quantitative estimate of drug-likeness (QED) is 0.731. The van der Waals surface area contributed by atoms with E-state index in [4.69, 9.17) is 4.74 Å². The fourth-order valence-electron chi connectivity index (χ4n) is 1.60. The SMILES string of the molecule is CCSCC1Cc2ccccc2O1. The van der Waals surface area contributed by atoms with Gasteiger partial charge >= 0.3 is 0 Å². The van der Waals surface area contributed by atoms with Gasteiger partial charge in [-0.05, 0) is 17.4 Å². The molecule has 1 nitrogen and oxygen atoms in total. The van der Waals surface area contributed by atoms with Crippen molar-refractivity contribution in [1.29, 1.82) is 0 Å². The molecule has 0 saturated heterocycles. The third kappa shape index (κ3) is 1.99. The molecule has 13 heavy (non-hydrogen) atoms. The molecule has 0 aliphatic carbocycles. The third-order valence-corrected chi connectivity index (χ3v) is 3.24. The van der Waals surface area contributed by atoms with E-state index in [-0.39, 0.29) is 0 Å². The molecule has 1 unspecified atom stereocenters. The van der Waals surface area contributed by atoms with Gasteiger partial charge in [0.2, 0.25) is 0 Å². The summed E-state index contributed by atoms with van der Waals surface area (Å²) in [5.41, 5.74) is 1.37. The van der Waals surface area contributed by atoms with Crippen LogP contribution in [0.5, 0.6) is 5.75 Å². The molecule has 1 aliphatic rings. The summed E-state index contributed by atoms with van der Waals surface area (Å²) in [6.07, 6.45) is 1.49. The summed E-state index contributed by atoms with van der Waals surface area (Å²) in [6.45, 7) is 2.19. The summed E-state index contributed by atoms with van der Waals surface area (Å²) in [7, 11) is 0. The molecular weight excluding hydrogens is 180 g/mol. The zero-order chi connectivity index (χ0) is 9.10. The highest BCUT2D eigenvalue weighted by Crippen LogP contribution is 2.29. The van der Waals surface area contributed by atoms with Gasteiger partial charge in [-0.15, -0.1) is 0 Å². The molecule has 70 valence electrons. The van der Waals surface area contributed by atoms with Crippen molar-refractivity contribution >= 4 is 11.8 Å². The van der Waals surface area contributed by atoms with Crippen LogP contribution in [0.3, 0.4) is 0 Å². The first kappa shape index (κ1) is 8.95. The Hall–Kier alpha value is -0.630. The molecular formula is C11H14OS. The topological polar surface area (TPSA) is 9.23 Å². The fourth-order valence-corrected chi connectivity index (χ4v) is 2.28. The van der Waals surface area contributed by atoms with E-state index >= 15 is 0 Å². The predicted octanol–water partition coefficient (Wildman–Crippen LogP) is 2.74. The molecule has 0 radical (unpaired) electrons. The minimum atomic E-state index is 0.405. The van der Waals surface area contributed by atoms with Crippen LogP contribution in [0, 0.1) is 0 Å². The van der Waals surface area contributed by atoms with Gasteiger partial charge in [0.25, 0.3) is 0 Å². The minimum absolute atomic E-state index is 0.405. The predicted molar refractivity (Wildman–Crippen MR) is 57.6 cm³/mol. The second-order valence-electron chi connectivity index (χ2n) is 3.21. The van der Waals surface area contributed by atoms with Crippen LogP contribution in [0.15, 0.2) is 24.3 Å². The lowest BCUT2D eigenvalue weighted by Gasteiger charge is -2.08. The van der Waals surface area contributed by atoms with Crippen molar-refractivity contribution < 1.29 is 4.74 Å². The monoisotopic (exact) mass is 194 g/mol. The summed E-state index contributed by atoms with van der Waals surface area (Å²) in [5, 5.41) is 0. The van der Waals surface area contributed by atoms with Crippen molar-refractivity contribution in [2.24, 2.45) is 0 Å². The number of hydrogen-bond donors (Lipinski definition) is 0. The van der Waals surface area contributed by atoms with Crippen molar-refractivity contribution in [2.45, 2.75) is 19.4 Å². The average molecular weight is 194 g/mol. The standard InChI is InChI=1S/C11H14OS/c1-2-13-8-10-7-9-5-3-4-6-11(9)12-10/h3-6,10H,2,7-8H2,1H3. The van der Waals surface area contributed by atoms with E-state index in [9.17, 15) is 0 Å². The maximum atomic E-state index is 5.79. The Morgan fingerprint density at radius 3 is 3.08 bits per heavy atom. The molecule has 0 spiro atoms. The van der Waals surface area contributed by atoms with E-state index in [1.165, 1.54) is 11.3 Å². The van der Waals surface area contributed by atoms with Crippen molar-refractivity contribution in [2.75, 3.05) is 11.5 Å². The molecule has 1 aromatic carbocycles. The van der Waals surface area contributed by atoms with Crippen LogP contribution in [0.4, 0.5) is 0 Å². The second kappa shape index (κ2) is 4.05. The zero-order valence-corrected chi connectivity index (χ0v) is 8.64. The van der Waals surface area contributed by atoms with Crippen molar-refractivity contribution in [3.8, 4) is 5.75 Å². The van der Waals surface area contributed by atoms with Crippen LogP contribution < -0.4 is 4.74 Å². The molecule has 0 saturated carbocycles. The number of hydrogen-bond acceptors (Lipinski definition) is 2. The van der Waals surface area contributed by atoms with Gasteiger partial charge < -0.3 is 4.74 Å². The van der Waals surface area contributed by atoms with Gasteiger partial charge in [-0.3, -0.25) is 0 Å². The van der Waals surface area contributed by atoms with E-state index < -0.39 is 0 Å². The second-order valence-corrected chi connectivity index (χ2v) is 4.53. The normalized spacial score (nSPS) is 19.6. The number of fused-ring (bicyclic) bond motifs is 1. The van der Waals surface area contributed by atoms with Crippen LogP contribution in [0.25, 0.3) is 0 Å². The molecule has 0 fully saturated rings. The summed E-state index contributed by atoms with van der Waals surface area (Å²) >= 11 is 1.95. The Balaban J connectivity index is 1.97. The third-order valence-electron chi connectivity index (χ3n) is 2.22. The first-order chi connectivity index (χ1) is 6.40. The first-order valence-corrected chi connectivity index (χ1v) is 5.88. The highest BCUT2D eigenvalue weighted by atomic mass is 32.2. The zero-order valence-electron chi connectivity index (χ0n) is 7.82. The van der Waals surface area contributed by atoms with Crippen LogP contribution in [-0.4, -0.2) is 17.6 Å². The number of ether oxygens (including phenoxy) is 1. The smallest absolute Gasteiger partial charge is 0.123 e. The molecule has 1 heterocycles. The summed E-state index contributed by atoms with van der Waals surface area (Å²) in [5.74, 6) is 3.38. The number of rotatable bonds is 3. The van der Waals surface area contributed by atoms with Gasteiger partial charge in [-0.1, -0.05) is 25.1 Å². The Kier molecular flexibility index (Phi) is 2.79. The van der Waals surface area contributed by atoms with Gasteiger partial charge in [0.05, 0.1) is 0 Å². The van der Waals surface area contributed by atoms with E-state index in [1.807, 2.05) is 17.8 Å². The molecule has 1 aliphatic heterocycles. The molecule has 2 heteroatoms. The summed E-state index contributed by atoms with van der Waals surface area (Å²) in [4.78, 5) is 0. The lowest BCUT2D eigenvalue weighted by atomic mass is 10.1. The molecule has 0 N–H and O–H groups in total. The number of benzene rings is 1. The minimum Gasteiger partial charge on any atom is -0.489 e. The molecule has 2 rings (SSSR count). The first-order valence-electron chi connectivity index (χ1n) is 4.72. The number of para-hydroxylation sites is 1. The maximum absolute atomic E-state index is 5.79. The van der Waals surface area contributed by atoms with E-state index in [0.717, 1.165) is 17.9 Å². The van der Waals surface area contributed by atoms with Gasteiger partial charge in [-0.25, -0.2) is 0 Å². The fraction of sp³-hybridized carbons (Fsp3) is 0.455. The Morgan fingerprint density at radius 2 is 2.31 bits per heavy atom. The maximum Gasteiger partial charge on any atom is 0.123 e. The van der Waals surface area contributed by atoms with Crippen LogP contribution in [0.2, 0.25) is 0 Å². The average Bonchev–Trinajstić information content (AvgIpc) is 2.57. The summed E-state index contributed by atoms with van der Waals surface area (Å²) < 4.78 is 5.79. The Morgan fingerprint density at radius 1 is 1.46 bits per heavy atom. The molecule has 1 aromatic rings. The lowest BCUT2D eigenvalue weighted by Crippen LogP contribution is -2.15. The lowest BCUT2D eigenvalue weighted by molar-refractivity contribution is 0.259. The van der Waals surface area contributed by atoms with Gasteiger partial charge in [-0.2, -0.15) is 11.8 Å². The highest BCUT2D eigenvalue weighted by molar-refractivity contribution is 7.99. The molecule has 1 atom stereocenters. The molecule has 0 bridgehead atoms. The van der Waals surface area contributed by atoms with Crippen LogP contribution >= 0.6 is 11.8 Å². The van der Waals surface area contributed by atoms with Crippen LogP contribution in [-0.2, 0) is 6.42 Å². The molecule has 0 amide bonds. The van der Waals surface area contributed by atoms with Crippen molar-refractivity contribution in [3.63, 3.8) is 0 Å². The largest absolute Gasteiger partial charge is 0.489 e. The van der Waals surface area contributed by atoms with Gasteiger partial charge in [0.1, 0.15) is 11.9 Å². The van der Waals surface area contributed by atoms with Crippen molar-refractivity contribution in [1.82, 2.24) is 0 Å². The van der Waals surface area contributed by atoms with Crippen LogP contribution in [0.1, 0.15) is 12.5 Å². The number of thioether (sulfide) groups is 1. The van der Waals surface area contributed by atoms with Crippen molar-refractivity contribution in [3.05, 3.63) is 29.8 Å². The highest BCUT2D eigenvalue weighted by Gasteiger charge is 2.21. The molecule has 0 aromatic heterocycles. The van der Waals surface area contributed by atoms with E-state index in [1.54, 1.807) is 0 Å². The van der Waals surface area contributed by atoms with E-state index in [2.05, 4.69) is 25.1 Å². The van der Waals surface area contributed by atoms with E-state index in [0.29, 0.717) is 6.10 Å².